The van der Waals surface area contributed by atoms with Gasteiger partial charge in [0, 0.05) is 31.6 Å². The number of aryl methyl sites for hydroxylation is 1. The molecular formula is C21H36N2O3. The van der Waals surface area contributed by atoms with Gasteiger partial charge in [-0.2, -0.15) is 0 Å². The van der Waals surface area contributed by atoms with Gasteiger partial charge in [0.05, 0.1) is 19.3 Å². The van der Waals surface area contributed by atoms with E-state index < -0.39 is 0 Å². The van der Waals surface area contributed by atoms with Crippen LogP contribution in [0.15, 0.2) is 16.5 Å². The Labute approximate surface area is 158 Å². The highest BCUT2D eigenvalue weighted by atomic mass is 16.6. The number of hydrogen-bond acceptors (Lipinski definition) is 5. The fraction of sp³-hybridized carbons (Fsp3) is 0.810. The molecule has 1 aromatic heterocycles. The lowest BCUT2D eigenvalue weighted by atomic mass is 9.99. The summed E-state index contributed by atoms with van der Waals surface area (Å²) in [6, 6.07) is 4.68. The van der Waals surface area contributed by atoms with Crippen LogP contribution in [0.25, 0.3) is 0 Å². The molecule has 148 valence electrons. The summed E-state index contributed by atoms with van der Waals surface area (Å²) in [5.74, 6) is 2.53. The summed E-state index contributed by atoms with van der Waals surface area (Å²) in [6.45, 7) is 14.2. The van der Waals surface area contributed by atoms with Gasteiger partial charge in [0.2, 0.25) is 0 Å². The van der Waals surface area contributed by atoms with Crippen molar-refractivity contribution in [2.75, 3.05) is 39.4 Å². The zero-order chi connectivity index (χ0) is 18.6. The summed E-state index contributed by atoms with van der Waals surface area (Å²) in [7, 11) is 0. The molecule has 1 aromatic rings. The molecule has 0 radical (unpaired) electrons. The van der Waals surface area contributed by atoms with Crippen molar-refractivity contribution in [3.63, 3.8) is 0 Å². The van der Waals surface area contributed by atoms with Crippen LogP contribution in [-0.2, 0) is 9.47 Å². The first kappa shape index (κ1) is 19.9. The predicted octanol–water partition coefficient (Wildman–Crippen LogP) is 3.33. The molecule has 0 unspecified atom stereocenters. The highest BCUT2D eigenvalue weighted by Gasteiger charge is 2.43. The van der Waals surface area contributed by atoms with Crippen LogP contribution in [0.4, 0.5) is 0 Å². The average Bonchev–Trinajstić information content (AvgIpc) is 3.14. The summed E-state index contributed by atoms with van der Waals surface area (Å²) < 4.78 is 18.1. The third-order valence-corrected chi connectivity index (χ3v) is 5.82. The van der Waals surface area contributed by atoms with E-state index in [1.54, 1.807) is 0 Å². The second-order valence-corrected chi connectivity index (χ2v) is 8.42. The van der Waals surface area contributed by atoms with Gasteiger partial charge < -0.3 is 19.2 Å². The first-order valence-electron chi connectivity index (χ1n) is 10.2. The first-order valence-corrected chi connectivity index (χ1v) is 10.2. The predicted molar refractivity (Wildman–Crippen MR) is 104 cm³/mol. The van der Waals surface area contributed by atoms with Crippen LogP contribution in [0.3, 0.4) is 0 Å². The first-order chi connectivity index (χ1) is 12.5. The molecule has 3 atom stereocenters. The second-order valence-electron chi connectivity index (χ2n) is 8.42. The topological polar surface area (TPSA) is 46.9 Å². The largest absolute Gasteiger partial charge is 0.466 e. The molecule has 1 spiro atoms. The van der Waals surface area contributed by atoms with Crippen LogP contribution in [0, 0.1) is 6.92 Å². The van der Waals surface area contributed by atoms with Gasteiger partial charge in [-0.25, -0.2) is 0 Å². The van der Waals surface area contributed by atoms with Crippen molar-refractivity contribution in [3.05, 3.63) is 23.7 Å². The lowest BCUT2D eigenvalue weighted by molar-refractivity contribution is -0.0865. The van der Waals surface area contributed by atoms with Gasteiger partial charge >= 0.3 is 0 Å². The number of nitrogens with one attached hydrogen (secondary N) is 1. The van der Waals surface area contributed by atoms with Gasteiger partial charge in [0.1, 0.15) is 17.1 Å². The third kappa shape index (κ3) is 5.10. The van der Waals surface area contributed by atoms with E-state index in [2.05, 4.69) is 37.1 Å². The minimum atomic E-state index is -0.105. The Morgan fingerprint density at radius 3 is 2.88 bits per heavy atom. The highest BCUT2D eigenvalue weighted by molar-refractivity contribution is 5.09. The molecular weight excluding hydrogens is 328 g/mol. The van der Waals surface area contributed by atoms with Crippen molar-refractivity contribution >= 4 is 0 Å². The van der Waals surface area contributed by atoms with Crippen LogP contribution < -0.4 is 5.32 Å². The highest BCUT2D eigenvalue weighted by Crippen LogP contribution is 2.33. The van der Waals surface area contributed by atoms with E-state index in [-0.39, 0.29) is 5.60 Å². The van der Waals surface area contributed by atoms with Gasteiger partial charge in [0.25, 0.3) is 0 Å². The summed E-state index contributed by atoms with van der Waals surface area (Å²) in [4.78, 5) is 2.50. The molecule has 2 saturated heterocycles. The molecule has 3 rings (SSSR count). The van der Waals surface area contributed by atoms with Crippen LogP contribution in [0.5, 0.6) is 0 Å². The molecule has 2 aliphatic heterocycles. The molecule has 0 amide bonds. The number of furan rings is 1. The van der Waals surface area contributed by atoms with E-state index in [4.69, 9.17) is 13.9 Å². The lowest BCUT2D eigenvalue weighted by Gasteiger charge is -2.34. The maximum Gasteiger partial charge on any atom is 0.107 e. The Hall–Kier alpha value is -0.880. The standard InChI is InChI=1S/C21H36N2O3/c1-16(2)23-11-12-24-15-21(14-23)9-7-19(26-21)13-22-10-8-17(3)20-6-5-18(4)25-20/h5-6,16-17,19,22H,7-15H2,1-4H3/t17-,19+,21+/m0/s1. The molecule has 0 aromatic carbocycles. The number of rotatable bonds is 7. The summed E-state index contributed by atoms with van der Waals surface area (Å²) in [5, 5.41) is 3.59. The van der Waals surface area contributed by atoms with E-state index >= 15 is 0 Å². The van der Waals surface area contributed by atoms with Crippen molar-refractivity contribution in [2.45, 2.75) is 70.6 Å². The maximum absolute atomic E-state index is 6.50. The SMILES string of the molecule is Cc1ccc([C@@H](C)CCNC[C@H]2CC[C@@]3(COCCN(C(C)C)C3)O2)o1. The molecule has 2 aliphatic rings. The minimum absolute atomic E-state index is 0.105. The monoisotopic (exact) mass is 364 g/mol. The molecule has 0 aliphatic carbocycles. The molecule has 26 heavy (non-hydrogen) atoms. The molecule has 1 N–H and O–H groups in total. The lowest BCUT2D eigenvalue weighted by Crippen LogP contribution is -2.47. The summed E-state index contributed by atoms with van der Waals surface area (Å²) >= 11 is 0. The zero-order valence-corrected chi connectivity index (χ0v) is 16.9. The minimum Gasteiger partial charge on any atom is -0.466 e. The fourth-order valence-electron chi connectivity index (χ4n) is 4.08. The number of hydrogen-bond donors (Lipinski definition) is 1. The normalized spacial score (nSPS) is 28.7. The Balaban J connectivity index is 1.40. The van der Waals surface area contributed by atoms with Crippen LogP contribution >= 0.6 is 0 Å². The average molecular weight is 365 g/mol. The van der Waals surface area contributed by atoms with Crippen molar-refractivity contribution < 1.29 is 13.9 Å². The van der Waals surface area contributed by atoms with E-state index in [0.717, 1.165) is 70.2 Å². The number of nitrogens with zero attached hydrogens (tertiary/aromatic N) is 1. The van der Waals surface area contributed by atoms with E-state index in [1.807, 2.05) is 13.0 Å². The quantitative estimate of drug-likeness (QED) is 0.752. The van der Waals surface area contributed by atoms with Gasteiger partial charge in [-0.05, 0) is 58.7 Å². The smallest absolute Gasteiger partial charge is 0.107 e. The van der Waals surface area contributed by atoms with E-state index in [9.17, 15) is 0 Å². The molecule has 0 saturated carbocycles. The van der Waals surface area contributed by atoms with Gasteiger partial charge in [-0.15, -0.1) is 0 Å². The van der Waals surface area contributed by atoms with Crippen LogP contribution in [0.2, 0.25) is 0 Å². The number of ether oxygens (including phenoxy) is 2. The molecule has 5 heteroatoms. The van der Waals surface area contributed by atoms with E-state index in [0.29, 0.717) is 18.1 Å². The molecule has 5 nitrogen and oxygen atoms in total. The summed E-state index contributed by atoms with van der Waals surface area (Å²) in [6.07, 6.45) is 3.60. The van der Waals surface area contributed by atoms with Gasteiger partial charge in [-0.1, -0.05) is 6.92 Å². The second kappa shape index (κ2) is 8.87. The van der Waals surface area contributed by atoms with Crippen LogP contribution in [-0.4, -0.2) is 62.0 Å². The van der Waals surface area contributed by atoms with Gasteiger partial charge in [-0.3, -0.25) is 4.90 Å². The van der Waals surface area contributed by atoms with E-state index in [1.165, 1.54) is 0 Å². The Morgan fingerprint density at radius 1 is 1.31 bits per heavy atom. The third-order valence-electron chi connectivity index (χ3n) is 5.82. The molecule has 0 bridgehead atoms. The Bertz CT molecular complexity index is 559. The zero-order valence-electron chi connectivity index (χ0n) is 16.9. The molecule has 2 fully saturated rings. The van der Waals surface area contributed by atoms with Crippen molar-refractivity contribution in [2.24, 2.45) is 0 Å². The van der Waals surface area contributed by atoms with Crippen LogP contribution in [0.1, 0.15) is 57.5 Å². The van der Waals surface area contributed by atoms with Crippen molar-refractivity contribution in [1.29, 1.82) is 0 Å². The maximum atomic E-state index is 6.50. The van der Waals surface area contributed by atoms with Crippen molar-refractivity contribution in [1.82, 2.24) is 10.2 Å². The van der Waals surface area contributed by atoms with Crippen molar-refractivity contribution in [3.8, 4) is 0 Å². The molecule has 3 heterocycles. The Morgan fingerprint density at radius 2 is 2.15 bits per heavy atom. The Kier molecular flexibility index (Phi) is 6.78. The fourth-order valence-corrected chi connectivity index (χ4v) is 4.08. The summed E-state index contributed by atoms with van der Waals surface area (Å²) in [5.41, 5.74) is -0.105. The van der Waals surface area contributed by atoms with Gasteiger partial charge in [0.15, 0.2) is 0 Å².